The number of ether oxygens (including phenoxy) is 2. The minimum atomic E-state index is 0.188. The summed E-state index contributed by atoms with van der Waals surface area (Å²) in [6.45, 7) is 5.84. The van der Waals surface area contributed by atoms with Crippen molar-refractivity contribution in [2.75, 3.05) is 20.3 Å². The van der Waals surface area contributed by atoms with Gasteiger partial charge in [-0.3, -0.25) is 11.3 Å². The minimum Gasteiger partial charge on any atom is -0.496 e. The number of nitrogens with two attached hydrogens (primary N) is 1. The first-order chi connectivity index (χ1) is 9.17. The topological polar surface area (TPSA) is 56.5 Å². The third-order valence-corrected chi connectivity index (χ3v) is 4.04. The van der Waals surface area contributed by atoms with Gasteiger partial charge in [0.2, 0.25) is 0 Å². The molecule has 1 fully saturated rings. The molecular weight excluding hydrogens is 240 g/mol. The summed E-state index contributed by atoms with van der Waals surface area (Å²) in [5, 5.41) is 0. The van der Waals surface area contributed by atoms with Crippen LogP contribution in [0.15, 0.2) is 12.1 Å². The predicted octanol–water partition coefficient (Wildman–Crippen LogP) is 2.24. The Bertz CT molecular complexity index is 428. The number of aryl methyl sites for hydroxylation is 2. The van der Waals surface area contributed by atoms with Crippen molar-refractivity contribution in [2.45, 2.75) is 32.7 Å². The van der Waals surface area contributed by atoms with Crippen molar-refractivity contribution in [3.8, 4) is 5.75 Å². The molecule has 1 saturated heterocycles. The molecule has 0 saturated carbocycles. The third-order valence-electron chi connectivity index (χ3n) is 4.04. The molecule has 1 atom stereocenters. The highest BCUT2D eigenvalue weighted by Crippen LogP contribution is 2.34. The van der Waals surface area contributed by atoms with Gasteiger partial charge in [0, 0.05) is 19.3 Å². The molecule has 1 heterocycles. The number of nitrogens with one attached hydrogen (secondary N) is 1. The van der Waals surface area contributed by atoms with E-state index in [-0.39, 0.29) is 6.04 Å². The third kappa shape index (κ3) is 3.08. The highest BCUT2D eigenvalue weighted by molar-refractivity contribution is 5.43. The van der Waals surface area contributed by atoms with Crippen molar-refractivity contribution in [2.24, 2.45) is 11.8 Å². The summed E-state index contributed by atoms with van der Waals surface area (Å²) < 4.78 is 10.8. The van der Waals surface area contributed by atoms with Crippen LogP contribution in [0.25, 0.3) is 0 Å². The summed E-state index contributed by atoms with van der Waals surface area (Å²) in [6.07, 6.45) is 2.11. The van der Waals surface area contributed by atoms with E-state index in [1.54, 1.807) is 7.11 Å². The van der Waals surface area contributed by atoms with Crippen molar-refractivity contribution in [1.29, 1.82) is 0 Å². The SMILES string of the molecule is COc1cc(C)c(C(NN)C2CCOCC2)cc1C. The van der Waals surface area contributed by atoms with Crippen LogP contribution in [0.4, 0.5) is 0 Å². The van der Waals surface area contributed by atoms with Gasteiger partial charge in [0.15, 0.2) is 0 Å². The Morgan fingerprint density at radius 3 is 2.53 bits per heavy atom. The molecule has 0 bridgehead atoms. The van der Waals surface area contributed by atoms with Gasteiger partial charge in [0.05, 0.1) is 7.11 Å². The van der Waals surface area contributed by atoms with Crippen molar-refractivity contribution in [1.82, 2.24) is 5.43 Å². The quantitative estimate of drug-likeness (QED) is 0.647. The van der Waals surface area contributed by atoms with Crippen molar-refractivity contribution >= 4 is 0 Å². The van der Waals surface area contributed by atoms with Crippen LogP contribution in [0.5, 0.6) is 5.75 Å². The molecule has 1 aliphatic heterocycles. The Morgan fingerprint density at radius 1 is 1.26 bits per heavy atom. The highest BCUT2D eigenvalue weighted by atomic mass is 16.5. The molecule has 4 heteroatoms. The van der Waals surface area contributed by atoms with E-state index in [4.69, 9.17) is 15.3 Å². The molecule has 1 aromatic carbocycles. The maximum absolute atomic E-state index is 5.80. The second kappa shape index (κ2) is 6.37. The number of rotatable bonds is 4. The predicted molar refractivity (Wildman–Crippen MR) is 76.1 cm³/mol. The fourth-order valence-electron chi connectivity index (χ4n) is 2.90. The number of benzene rings is 1. The average Bonchev–Trinajstić information content (AvgIpc) is 2.44. The van der Waals surface area contributed by atoms with Crippen LogP contribution in [0.2, 0.25) is 0 Å². The highest BCUT2D eigenvalue weighted by Gasteiger charge is 2.26. The van der Waals surface area contributed by atoms with E-state index in [1.165, 1.54) is 11.1 Å². The van der Waals surface area contributed by atoms with Crippen molar-refractivity contribution in [3.05, 3.63) is 28.8 Å². The van der Waals surface area contributed by atoms with Crippen LogP contribution in [-0.4, -0.2) is 20.3 Å². The Hall–Kier alpha value is -1.10. The zero-order valence-corrected chi connectivity index (χ0v) is 12.0. The summed E-state index contributed by atoms with van der Waals surface area (Å²) in [7, 11) is 1.71. The van der Waals surface area contributed by atoms with Crippen LogP contribution in [-0.2, 0) is 4.74 Å². The summed E-state index contributed by atoms with van der Waals surface area (Å²) in [4.78, 5) is 0. The van der Waals surface area contributed by atoms with E-state index in [0.29, 0.717) is 5.92 Å². The van der Waals surface area contributed by atoms with Gasteiger partial charge in [-0.05, 0) is 55.4 Å². The van der Waals surface area contributed by atoms with E-state index in [2.05, 4.69) is 31.4 Å². The van der Waals surface area contributed by atoms with Crippen LogP contribution in [0, 0.1) is 19.8 Å². The van der Waals surface area contributed by atoms with Gasteiger partial charge >= 0.3 is 0 Å². The second-order valence-electron chi connectivity index (χ2n) is 5.27. The zero-order chi connectivity index (χ0) is 13.8. The summed E-state index contributed by atoms with van der Waals surface area (Å²) in [5.74, 6) is 7.27. The van der Waals surface area contributed by atoms with Gasteiger partial charge in [-0.15, -0.1) is 0 Å². The van der Waals surface area contributed by atoms with Crippen LogP contribution in [0.1, 0.15) is 35.6 Å². The van der Waals surface area contributed by atoms with Gasteiger partial charge in [0.1, 0.15) is 5.75 Å². The van der Waals surface area contributed by atoms with E-state index in [1.807, 2.05) is 0 Å². The van der Waals surface area contributed by atoms with E-state index in [0.717, 1.165) is 37.4 Å². The number of hydrogen-bond donors (Lipinski definition) is 2. The number of hydrazine groups is 1. The molecule has 2 rings (SSSR count). The molecule has 0 radical (unpaired) electrons. The second-order valence-corrected chi connectivity index (χ2v) is 5.27. The molecule has 0 aromatic heterocycles. The molecule has 4 nitrogen and oxygen atoms in total. The van der Waals surface area contributed by atoms with Crippen molar-refractivity contribution < 1.29 is 9.47 Å². The lowest BCUT2D eigenvalue weighted by atomic mass is 9.85. The summed E-state index contributed by atoms with van der Waals surface area (Å²) in [5.41, 5.74) is 6.64. The Morgan fingerprint density at radius 2 is 1.95 bits per heavy atom. The normalized spacial score (nSPS) is 18.3. The lowest BCUT2D eigenvalue weighted by molar-refractivity contribution is 0.0535. The molecule has 1 aromatic rings. The van der Waals surface area contributed by atoms with Crippen LogP contribution < -0.4 is 16.0 Å². The Kier molecular flexibility index (Phi) is 4.80. The van der Waals surface area contributed by atoms with Gasteiger partial charge < -0.3 is 9.47 Å². The fraction of sp³-hybridized carbons (Fsp3) is 0.600. The first-order valence-electron chi connectivity index (χ1n) is 6.86. The molecule has 0 aliphatic carbocycles. The number of hydrogen-bond acceptors (Lipinski definition) is 4. The maximum atomic E-state index is 5.80. The average molecular weight is 264 g/mol. The molecule has 106 valence electrons. The largest absolute Gasteiger partial charge is 0.496 e. The first-order valence-corrected chi connectivity index (χ1v) is 6.86. The monoisotopic (exact) mass is 264 g/mol. The van der Waals surface area contributed by atoms with E-state index < -0.39 is 0 Å². The number of methoxy groups -OCH3 is 1. The first kappa shape index (κ1) is 14.3. The summed E-state index contributed by atoms with van der Waals surface area (Å²) in [6, 6.07) is 4.47. The maximum Gasteiger partial charge on any atom is 0.122 e. The van der Waals surface area contributed by atoms with Crippen LogP contribution >= 0.6 is 0 Å². The Balaban J connectivity index is 2.29. The van der Waals surface area contributed by atoms with Gasteiger partial charge in [-0.25, -0.2) is 0 Å². The molecule has 19 heavy (non-hydrogen) atoms. The van der Waals surface area contributed by atoms with E-state index >= 15 is 0 Å². The minimum absolute atomic E-state index is 0.188. The molecule has 0 spiro atoms. The van der Waals surface area contributed by atoms with E-state index in [9.17, 15) is 0 Å². The molecular formula is C15H24N2O2. The summed E-state index contributed by atoms with van der Waals surface area (Å²) >= 11 is 0. The molecule has 0 amide bonds. The standard InChI is InChI=1S/C15H24N2O2/c1-10-9-14(18-3)11(2)8-13(10)15(17-16)12-4-6-19-7-5-12/h8-9,12,15,17H,4-7,16H2,1-3H3. The molecule has 1 aliphatic rings. The van der Waals surface area contributed by atoms with Crippen LogP contribution in [0.3, 0.4) is 0 Å². The van der Waals surface area contributed by atoms with Gasteiger partial charge in [-0.1, -0.05) is 6.07 Å². The lowest BCUT2D eigenvalue weighted by Gasteiger charge is -2.31. The Labute approximate surface area is 115 Å². The lowest BCUT2D eigenvalue weighted by Crippen LogP contribution is -2.36. The van der Waals surface area contributed by atoms with Gasteiger partial charge in [-0.2, -0.15) is 0 Å². The zero-order valence-electron chi connectivity index (χ0n) is 12.0. The van der Waals surface area contributed by atoms with Crippen molar-refractivity contribution in [3.63, 3.8) is 0 Å². The molecule has 3 N–H and O–H groups in total. The smallest absolute Gasteiger partial charge is 0.122 e. The fourth-order valence-corrected chi connectivity index (χ4v) is 2.90. The van der Waals surface area contributed by atoms with Gasteiger partial charge in [0.25, 0.3) is 0 Å². The molecule has 1 unspecified atom stereocenters.